The molecule has 0 saturated carbocycles. The van der Waals surface area contributed by atoms with E-state index >= 15 is 0 Å². The molecule has 34 heavy (non-hydrogen) atoms. The van der Waals surface area contributed by atoms with E-state index in [0.717, 1.165) is 28.7 Å². The molecule has 0 N–H and O–H groups in total. The number of nitrogens with zero attached hydrogens (tertiary/aromatic N) is 1. The lowest BCUT2D eigenvalue weighted by Gasteiger charge is -2.20. The molecule has 0 fully saturated rings. The van der Waals surface area contributed by atoms with Crippen LogP contribution in [0.25, 0.3) is 11.6 Å². The Morgan fingerprint density at radius 2 is 1.65 bits per heavy atom. The van der Waals surface area contributed by atoms with Gasteiger partial charge in [0, 0.05) is 11.8 Å². The molecule has 1 aliphatic carbocycles. The Hall–Kier alpha value is -3.55. The Labute approximate surface area is 199 Å². The summed E-state index contributed by atoms with van der Waals surface area (Å²) in [6.07, 6.45) is 4.51. The van der Waals surface area contributed by atoms with Crippen molar-refractivity contribution < 1.29 is 22.8 Å². The maximum atomic E-state index is 12.2. The minimum Gasteiger partial charge on any atom is -0.365 e. The Kier molecular flexibility index (Phi) is 7.35. The molecule has 3 aromatic carbocycles. The van der Waals surface area contributed by atoms with E-state index in [1.807, 2.05) is 54.6 Å². The number of allylic oxidation sites excluding steroid dienone is 1. The van der Waals surface area contributed by atoms with Crippen LogP contribution in [0.1, 0.15) is 28.7 Å². The molecule has 0 aromatic heterocycles. The van der Waals surface area contributed by atoms with E-state index in [1.54, 1.807) is 24.3 Å². The lowest BCUT2D eigenvalue weighted by atomic mass is 9.85. The van der Waals surface area contributed by atoms with Gasteiger partial charge in [-0.15, -0.1) is 0 Å². The van der Waals surface area contributed by atoms with Crippen molar-refractivity contribution in [1.29, 1.82) is 0 Å². The lowest BCUT2D eigenvalue weighted by molar-refractivity contribution is -0.149. The largest absolute Gasteiger partial charge is 0.365 e. The minimum atomic E-state index is -3.27. The van der Waals surface area contributed by atoms with E-state index in [4.69, 9.17) is 9.57 Å². The van der Waals surface area contributed by atoms with E-state index in [2.05, 4.69) is 11.2 Å². The SMILES string of the molecule is CS(=O)(=O)c1ccc(C=C2C(=NOC(=O)COCc3ccccc3)CCc3ccccc32)cc1. The fourth-order valence-electron chi connectivity index (χ4n) is 3.74. The van der Waals surface area contributed by atoms with Gasteiger partial charge in [-0.25, -0.2) is 13.2 Å². The average Bonchev–Trinajstić information content (AvgIpc) is 2.84. The molecule has 0 heterocycles. The molecule has 0 unspecified atom stereocenters. The van der Waals surface area contributed by atoms with Crippen LogP contribution in [0.2, 0.25) is 0 Å². The van der Waals surface area contributed by atoms with Gasteiger partial charge in [0.2, 0.25) is 0 Å². The summed E-state index contributed by atoms with van der Waals surface area (Å²) in [7, 11) is -3.27. The third-order valence-electron chi connectivity index (χ3n) is 5.46. The molecule has 6 nitrogen and oxygen atoms in total. The monoisotopic (exact) mass is 475 g/mol. The first-order valence-corrected chi connectivity index (χ1v) is 12.8. The van der Waals surface area contributed by atoms with Gasteiger partial charge in [0.05, 0.1) is 17.2 Å². The van der Waals surface area contributed by atoms with E-state index in [1.165, 1.54) is 11.8 Å². The Morgan fingerprint density at radius 1 is 0.941 bits per heavy atom. The van der Waals surface area contributed by atoms with Gasteiger partial charge in [-0.3, -0.25) is 0 Å². The van der Waals surface area contributed by atoms with Gasteiger partial charge >= 0.3 is 5.97 Å². The van der Waals surface area contributed by atoms with E-state index in [9.17, 15) is 13.2 Å². The van der Waals surface area contributed by atoms with Gasteiger partial charge in [0.15, 0.2) is 9.84 Å². The maximum Gasteiger partial charge on any atom is 0.360 e. The van der Waals surface area contributed by atoms with Crippen LogP contribution >= 0.6 is 0 Å². The number of aryl methyl sites for hydroxylation is 1. The smallest absolute Gasteiger partial charge is 0.360 e. The van der Waals surface area contributed by atoms with Crippen molar-refractivity contribution in [2.24, 2.45) is 5.16 Å². The Balaban J connectivity index is 1.51. The van der Waals surface area contributed by atoms with Crippen molar-refractivity contribution in [3.63, 3.8) is 0 Å². The summed E-state index contributed by atoms with van der Waals surface area (Å²) < 4.78 is 29.0. The summed E-state index contributed by atoms with van der Waals surface area (Å²) in [5.41, 5.74) is 5.48. The van der Waals surface area contributed by atoms with Crippen LogP contribution in [-0.2, 0) is 37.2 Å². The third kappa shape index (κ3) is 6.07. The van der Waals surface area contributed by atoms with Crippen LogP contribution in [0.5, 0.6) is 0 Å². The molecule has 0 radical (unpaired) electrons. The predicted octanol–water partition coefficient (Wildman–Crippen LogP) is 4.69. The average molecular weight is 476 g/mol. The normalized spacial score (nSPS) is 15.8. The first kappa shape index (κ1) is 23.6. The van der Waals surface area contributed by atoms with Crippen LogP contribution in [0.4, 0.5) is 0 Å². The second-order valence-electron chi connectivity index (χ2n) is 8.04. The van der Waals surface area contributed by atoms with Crippen LogP contribution in [-0.4, -0.2) is 33.0 Å². The highest BCUT2D eigenvalue weighted by Crippen LogP contribution is 2.31. The zero-order valence-corrected chi connectivity index (χ0v) is 19.6. The molecule has 0 saturated heterocycles. The quantitative estimate of drug-likeness (QED) is 0.366. The van der Waals surface area contributed by atoms with Gasteiger partial charge in [-0.2, -0.15) is 0 Å². The molecule has 1 aliphatic rings. The van der Waals surface area contributed by atoms with E-state index in [0.29, 0.717) is 18.7 Å². The van der Waals surface area contributed by atoms with Crippen molar-refractivity contribution in [2.45, 2.75) is 24.3 Å². The maximum absolute atomic E-state index is 12.2. The number of oxime groups is 1. The van der Waals surface area contributed by atoms with Crippen molar-refractivity contribution in [3.05, 3.63) is 101 Å². The third-order valence-corrected chi connectivity index (χ3v) is 6.59. The second kappa shape index (κ2) is 10.6. The molecule has 4 rings (SSSR count). The molecule has 174 valence electrons. The zero-order valence-electron chi connectivity index (χ0n) is 18.8. The number of ether oxygens (including phenoxy) is 1. The number of hydrogen-bond donors (Lipinski definition) is 0. The number of carbonyl (C=O) groups is 1. The van der Waals surface area contributed by atoms with Crippen LogP contribution < -0.4 is 0 Å². The molecular weight excluding hydrogens is 450 g/mol. The fraction of sp³-hybridized carbons (Fsp3) is 0.185. The standard InChI is InChI=1S/C27H25NO5S/c1-34(30,31)23-14-11-20(12-15-23)17-25-24-10-6-5-9-22(24)13-16-26(25)28-33-27(29)19-32-18-21-7-3-2-4-8-21/h2-12,14-15,17H,13,16,18-19H2,1H3. The summed E-state index contributed by atoms with van der Waals surface area (Å²) >= 11 is 0. The van der Waals surface area contributed by atoms with Crippen LogP contribution in [0.3, 0.4) is 0 Å². The molecule has 0 aliphatic heterocycles. The fourth-order valence-corrected chi connectivity index (χ4v) is 4.37. The number of benzene rings is 3. The molecule has 0 bridgehead atoms. The van der Waals surface area contributed by atoms with E-state index < -0.39 is 15.8 Å². The summed E-state index contributed by atoms with van der Waals surface area (Å²) in [6, 6.07) is 24.3. The first-order chi connectivity index (χ1) is 16.4. The summed E-state index contributed by atoms with van der Waals surface area (Å²) in [5.74, 6) is -0.570. The zero-order chi connectivity index (χ0) is 24.0. The van der Waals surface area contributed by atoms with Crippen molar-refractivity contribution in [2.75, 3.05) is 12.9 Å². The van der Waals surface area contributed by atoms with E-state index in [-0.39, 0.29) is 11.5 Å². The number of carbonyl (C=O) groups excluding carboxylic acids is 1. The summed E-state index contributed by atoms with van der Waals surface area (Å²) in [6.45, 7) is 0.114. The predicted molar refractivity (Wildman–Crippen MR) is 132 cm³/mol. The molecule has 0 atom stereocenters. The van der Waals surface area contributed by atoms with Crippen molar-refractivity contribution in [1.82, 2.24) is 0 Å². The first-order valence-electron chi connectivity index (χ1n) is 10.9. The van der Waals surface area contributed by atoms with Gasteiger partial charge in [0.1, 0.15) is 6.61 Å². The molecule has 3 aromatic rings. The summed E-state index contributed by atoms with van der Waals surface area (Å²) in [4.78, 5) is 17.6. The number of rotatable bonds is 7. The molecule has 7 heteroatoms. The molecule has 0 amide bonds. The molecular formula is C27H25NO5S. The highest BCUT2D eigenvalue weighted by molar-refractivity contribution is 7.90. The van der Waals surface area contributed by atoms with Gasteiger partial charge in [-0.05, 0) is 53.3 Å². The van der Waals surface area contributed by atoms with Crippen molar-refractivity contribution >= 4 is 33.2 Å². The molecule has 0 spiro atoms. The van der Waals surface area contributed by atoms with Gasteiger partial charge in [0.25, 0.3) is 0 Å². The summed E-state index contributed by atoms with van der Waals surface area (Å²) in [5, 5.41) is 4.17. The highest BCUT2D eigenvalue weighted by atomic mass is 32.2. The van der Waals surface area contributed by atoms with Gasteiger partial charge in [-0.1, -0.05) is 71.9 Å². The number of sulfone groups is 1. The lowest BCUT2D eigenvalue weighted by Crippen LogP contribution is -2.16. The Bertz CT molecular complexity index is 1330. The van der Waals surface area contributed by atoms with Crippen LogP contribution in [0, 0.1) is 0 Å². The van der Waals surface area contributed by atoms with Crippen molar-refractivity contribution in [3.8, 4) is 0 Å². The van der Waals surface area contributed by atoms with Gasteiger partial charge < -0.3 is 9.57 Å². The topological polar surface area (TPSA) is 82.0 Å². The number of hydrogen-bond acceptors (Lipinski definition) is 6. The van der Waals surface area contributed by atoms with Crippen LogP contribution in [0.15, 0.2) is 88.9 Å². The Morgan fingerprint density at radius 3 is 2.38 bits per heavy atom. The minimum absolute atomic E-state index is 0.200. The highest BCUT2D eigenvalue weighted by Gasteiger charge is 2.21. The number of fused-ring (bicyclic) bond motifs is 1. The second-order valence-corrected chi connectivity index (χ2v) is 10.1.